The molecule has 10 heteroatoms. The Balaban J connectivity index is 1.60. The maximum absolute atomic E-state index is 12.5. The highest BCUT2D eigenvalue weighted by Gasteiger charge is 2.30. The van der Waals surface area contributed by atoms with Gasteiger partial charge in [0.25, 0.3) is 5.91 Å². The first-order valence-electron chi connectivity index (χ1n) is 9.37. The van der Waals surface area contributed by atoms with Gasteiger partial charge in [-0.1, -0.05) is 12.2 Å². The van der Waals surface area contributed by atoms with Crippen molar-refractivity contribution in [3.63, 3.8) is 0 Å². The lowest BCUT2D eigenvalue weighted by molar-refractivity contribution is -0.313. The third-order valence-electron chi connectivity index (χ3n) is 5.19. The Hall–Kier alpha value is -2.72. The van der Waals surface area contributed by atoms with Crippen LogP contribution in [0.1, 0.15) is 36.0 Å². The maximum Gasteiger partial charge on any atom is 0.269 e. The van der Waals surface area contributed by atoms with E-state index in [0.29, 0.717) is 13.1 Å². The molecule has 1 aliphatic carbocycles. The summed E-state index contributed by atoms with van der Waals surface area (Å²) < 4.78 is 26.4. The normalized spacial score (nSPS) is 22.2. The SMILES string of the molecule is O=C(NNC(=O)[C@@H]1CC=CC[C@H]1C(=O)[O-])c1ccc(S(=O)(=O)N2CCCC2)cc1. The Morgan fingerprint density at radius 1 is 0.931 bits per heavy atom. The molecule has 0 radical (unpaired) electrons. The Morgan fingerprint density at radius 3 is 2.10 bits per heavy atom. The molecule has 9 nitrogen and oxygen atoms in total. The summed E-state index contributed by atoms with van der Waals surface area (Å²) in [7, 11) is -3.57. The molecule has 1 aliphatic heterocycles. The molecule has 29 heavy (non-hydrogen) atoms. The molecule has 0 bridgehead atoms. The van der Waals surface area contributed by atoms with Gasteiger partial charge in [-0.2, -0.15) is 4.31 Å². The molecule has 2 N–H and O–H groups in total. The molecule has 0 aromatic heterocycles. The second-order valence-electron chi connectivity index (χ2n) is 7.05. The zero-order chi connectivity index (χ0) is 21.0. The van der Waals surface area contributed by atoms with Crippen LogP contribution in [-0.4, -0.2) is 43.6 Å². The molecule has 1 heterocycles. The largest absolute Gasteiger partial charge is 0.550 e. The predicted molar refractivity (Wildman–Crippen MR) is 100 cm³/mol. The van der Waals surface area contributed by atoms with Crippen molar-refractivity contribution in [1.82, 2.24) is 15.2 Å². The third kappa shape index (κ3) is 4.65. The third-order valence-corrected chi connectivity index (χ3v) is 7.10. The van der Waals surface area contributed by atoms with Crippen LogP contribution in [0, 0.1) is 11.8 Å². The lowest BCUT2D eigenvalue weighted by atomic mass is 9.82. The molecule has 1 fully saturated rings. The minimum Gasteiger partial charge on any atom is -0.550 e. The number of nitrogens with zero attached hydrogens (tertiary/aromatic N) is 1. The highest BCUT2D eigenvalue weighted by atomic mass is 32.2. The average molecular weight is 420 g/mol. The molecule has 156 valence electrons. The van der Waals surface area contributed by atoms with Gasteiger partial charge in [0.2, 0.25) is 15.9 Å². The number of amides is 2. The number of carbonyl (C=O) groups is 3. The van der Waals surface area contributed by atoms with Gasteiger partial charge in [0.05, 0.1) is 10.8 Å². The number of hydrogen-bond acceptors (Lipinski definition) is 6. The van der Waals surface area contributed by atoms with Crippen LogP contribution < -0.4 is 16.0 Å². The van der Waals surface area contributed by atoms with Crippen molar-refractivity contribution < 1.29 is 27.9 Å². The number of benzene rings is 1. The van der Waals surface area contributed by atoms with Crippen LogP contribution in [0.25, 0.3) is 0 Å². The van der Waals surface area contributed by atoms with E-state index in [4.69, 9.17) is 0 Å². The summed E-state index contributed by atoms with van der Waals surface area (Å²) in [6.45, 7) is 0.972. The highest BCUT2D eigenvalue weighted by Crippen LogP contribution is 2.25. The summed E-state index contributed by atoms with van der Waals surface area (Å²) >= 11 is 0. The summed E-state index contributed by atoms with van der Waals surface area (Å²) in [6.07, 6.45) is 5.49. The summed E-state index contributed by atoms with van der Waals surface area (Å²) in [5.74, 6) is -4.36. The summed E-state index contributed by atoms with van der Waals surface area (Å²) in [5.41, 5.74) is 4.63. The van der Waals surface area contributed by atoms with E-state index in [1.807, 2.05) is 0 Å². The minimum absolute atomic E-state index is 0.103. The fourth-order valence-electron chi connectivity index (χ4n) is 3.50. The lowest BCUT2D eigenvalue weighted by Crippen LogP contribution is -2.49. The van der Waals surface area contributed by atoms with Crippen molar-refractivity contribution in [3.05, 3.63) is 42.0 Å². The molecule has 2 aliphatic rings. The first kappa shape index (κ1) is 21.0. The van der Waals surface area contributed by atoms with Crippen molar-refractivity contribution in [2.24, 2.45) is 11.8 Å². The number of carbonyl (C=O) groups excluding carboxylic acids is 3. The van der Waals surface area contributed by atoms with Gasteiger partial charge in [0, 0.05) is 30.5 Å². The molecule has 2 atom stereocenters. The smallest absolute Gasteiger partial charge is 0.269 e. The maximum atomic E-state index is 12.5. The number of hydrogen-bond donors (Lipinski definition) is 2. The van der Waals surface area contributed by atoms with E-state index >= 15 is 0 Å². The van der Waals surface area contributed by atoms with E-state index < -0.39 is 39.6 Å². The fourth-order valence-corrected chi connectivity index (χ4v) is 5.02. The fraction of sp³-hybridized carbons (Fsp3) is 0.421. The van der Waals surface area contributed by atoms with Gasteiger partial charge in [-0.05, 0) is 49.9 Å². The first-order valence-corrected chi connectivity index (χ1v) is 10.8. The van der Waals surface area contributed by atoms with E-state index in [1.165, 1.54) is 28.6 Å². The number of allylic oxidation sites excluding steroid dienone is 2. The number of carboxylic acids is 1. The van der Waals surface area contributed by atoms with Gasteiger partial charge in [0.1, 0.15) is 0 Å². The van der Waals surface area contributed by atoms with Crippen LogP contribution in [0.2, 0.25) is 0 Å². The summed E-state index contributed by atoms with van der Waals surface area (Å²) in [6, 6.07) is 5.42. The Labute approximate surface area is 168 Å². The van der Waals surface area contributed by atoms with Crippen LogP contribution in [0.3, 0.4) is 0 Å². The standard InChI is InChI=1S/C19H23N3O6S/c23-17(20-21-18(24)15-5-1-2-6-16(15)19(25)26)13-7-9-14(10-8-13)29(27,28)22-11-3-4-12-22/h1-2,7-10,15-16H,3-6,11-12H2,(H,20,23)(H,21,24)(H,25,26)/p-1/t15-,16-/m1/s1. The van der Waals surface area contributed by atoms with Gasteiger partial charge in [-0.3, -0.25) is 20.4 Å². The van der Waals surface area contributed by atoms with Crippen LogP contribution in [0.4, 0.5) is 0 Å². The van der Waals surface area contributed by atoms with Gasteiger partial charge in [-0.25, -0.2) is 8.42 Å². The van der Waals surface area contributed by atoms with Crippen LogP contribution in [-0.2, 0) is 19.6 Å². The van der Waals surface area contributed by atoms with Crippen LogP contribution in [0.5, 0.6) is 0 Å². The zero-order valence-electron chi connectivity index (χ0n) is 15.7. The number of hydrazine groups is 1. The number of rotatable bonds is 5. The summed E-state index contributed by atoms with van der Waals surface area (Å²) in [4.78, 5) is 35.8. The van der Waals surface area contributed by atoms with E-state index in [1.54, 1.807) is 12.2 Å². The molecule has 0 spiro atoms. The predicted octanol–water partition coefficient (Wildman–Crippen LogP) is -0.436. The molecule has 2 amide bonds. The van der Waals surface area contributed by atoms with Crippen molar-refractivity contribution in [3.8, 4) is 0 Å². The Morgan fingerprint density at radius 2 is 1.52 bits per heavy atom. The number of nitrogens with one attached hydrogen (secondary N) is 2. The number of aliphatic carboxylic acids is 1. The molecular formula is C19H22N3O6S-. The first-order chi connectivity index (χ1) is 13.8. The van der Waals surface area contributed by atoms with Crippen molar-refractivity contribution in [2.45, 2.75) is 30.6 Å². The number of carboxylic acid groups (broad SMARTS) is 1. The van der Waals surface area contributed by atoms with Gasteiger partial charge in [-0.15, -0.1) is 0 Å². The van der Waals surface area contributed by atoms with Gasteiger partial charge in [0.15, 0.2) is 0 Å². The van der Waals surface area contributed by atoms with Crippen molar-refractivity contribution in [1.29, 1.82) is 0 Å². The van der Waals surface area contributed by atoms with E-state index in [2.05, 4.69) is 10.9 Å². The van der Waals surface area contributed by atoms with Crippen molar-refractivity contribution in [2.75, 3.05) is 13.1 Å². The quantitative estimate of drug-likeness (QED) is 0.490. The number of sulfonamides is 1. The minimum atomic E-state index is -3.57. The molecule has 0 unspecified atom stereocenters. The van der Waals surface area contributed by atoms with Crippen molar-refractivity contribution >= 4 is 27.8 Å². The molecule has 3 rings (SSSR count). The second kappa shape index (κ2) is 8.75. The van der Waals surface area contributed by atoms with Gasteiger partial charge < -0.3 is 9.90 Å². The topological polar surface area (TPSA) is 136 Å². The van der Waals surface area contributed by atoms with E-state index in [9.17, 15) is 27.9 Å². The van der Waals surface area contributed by atoms with E-state index in [-0.39, 0.29) is 23.3 Å². The zero-order valence-corrected chi connectivity index (χ0v) is 16.5. The Kier molecular flexibility index (Phi) is 6.33. The van der Waals surface area contributed by atoms with Gasteiger partial charge >= 0.3 is 0 Å². The van der Waals surface area contributed by atoms with Crippen LogP contribution in [0.15, 0.2) is 41.3 Å². The molecule has 0 saturated carbocycles. The molecular weight excluding hydrogens is 398 g/mol. The molecule has 1 aromatic rings. The molecule has 1 saturated heterocycles. The van der Waals surface area contributed by atoms with E-state index in [0.717, 1.165) is 12.8 Å². The molecule has 1 aromatic carbocycles. The average Bonchev–Trinajstić information content (AvgIpc) is 3.27. The Bertz CT molecular complexity index is 920. The lowest BCUT2D eigenvalue weighted by Gasteiger charge is -2.28. The highest BCUT2D eigenvalue weighted by molar-refractivity contribution is 7.89. The summed E-state index contributed by atoms with van der Waals surface area (Å²) in [5, 5.41) is 11.2. The second-order valence-corrected chi connectivity index (χ2v) is 8.99. The monoisotopic (exact) mass is 420 g/mol. The van der Waals surface area contributed by atoms with Crippen LogP contribution >= 0.6 is 0 Å².